The molecule has 2 aliphatic rings. The fraction of sp³-hybridized carbons (Fsp3) is 0.174. The van der Waals surface area contributed by atoms with E-state index < -0.39 is 0 Å². The van der Waals surface area contributed by atoms with Gasteiger partial charge in [-0.05, 0) is 35.7 Å². The molecule has 0 saturated heterocycles. The van der Waals surface area contributed by atoms with Gasteiger partial charge in [0.05, 0.1) is 6.04 Å². The van der Waals surface area contributed by atoms with Crippen LogP contribution in [0.4, 0.5) is 5.69 Å². The fourth-order valence-electron chi connectivity index (χ4n) is 4.78. The number of anilines is 1. The standard InChI is InChI=1S/C23H20N4/c1-3-9-19-16(7-1)17-11-13-27-22(21(17)25-19)18-8-2-4-10-20(18)26-23(27)15-6-5-12-24-14-15/h1-10,12,14,22-23,25-26H,11,13H2/t22-,23-/m0/s1. The third-order valence-electron chi connectivity index (χ3n) is 5.95. The molecule has 0 fully saturated rings. The summed E-state index contributed by atoms with van der Waals surface area (Å²) in [6.07, 6.45) is 4.99. The molecule has 4 heterocycles. The van der Waals surface area contributed by atoms with Crippen LogP contribution in [-0.4, -0.2) is 21.4 Å². The van der Waals surface area contributed by atoms with Gasteiger partial charge in [0.2, 0.25) is 0 Å². The zero-order valence-electron chi connectivity index (χ0n) is 14.9. The number of benzene rings is 2. The van der Waals surface area contributed by atoms with Crippen molar-refractivity contribution >= 4 is 16.6 Å². The van der Waals surface area contributed by atoms with E-state index in [0.717, 1.165) is 13.0 Å². The molecule has 0 spiro atoms. The van der Waals surface area contributed by atoms with Gasteiger partial charge in [0.1, 0.15) is 6.17 Å². The lowest BCUT2D eigenvalue weighted by atomic mass is 9.88. The maximum atomic E-state index is 4.36. The predicted octanol–water partition coefficient (Wildman–Crippen LogP) is 4.63. The molecule has 4 heteroatoms. The first-order chi connectivity index (χ1) is 13.4. The summed E-state index contributed by atoms with van der Waals surface area (Å²) in [5, 5.41) is 5.11. The molecule has 2 aromatic carbocycles. The molecular formula is C23H20N4. The number of hydrogen-bond donors (Lipinski definition) is 2. The number of pyridine rings is 1. The number of rotatable bonds is 1. The number of nitrogens with zero attached hydrogens (tertiary/aromatic N) is 2. The Balaban J connectivity index is 1.58. The zero-order chi connectivity index (χ0) is 17.8. The number of H-pyrrole nitrogens is 1. The minimum Gasteiger partial charge on any atom is -0.365 e. The Labute approximate surface area is 157 Å². The van der Waals surface area contributed by atoms with E-state index in [0.29, 0.717) is 0 Å². The summed E-state index contributed by atoms with van der Waals surface area (Å²) in [5.74, 6) is 0. The third kappa shape index (κ3) is 2.17. The molecule has 0 aliphatic carbocycles. The highest BCUT2D eigenvalue weighted by Gasteiger charge is 2.40. The first-order valence-corrected chi connectivity index (χ1v) is 9.51. The van der Waals surface area contributed by atoms with Gasteiger partial charge in [0.25, 0.3) is 0 Å². The fourth-order valence-corrected chi connectivity index (χ4v) is 4.78. The Morgan fingerprint density at radius 3 is 2.78 bits per heavy atom. The molecule has 0 saturated carbocycles. The Morgan fingerprint density at radius 1 is 0.963 bits per heavy atom. The molecule has 2 aromatic heterocycles. The summed E-state index contributed by atoms with van der Waals surface area (Å²) < 4.78 is 0. The summed E-state index contributed by atoms with van der Waals surface area (Å²) in [4.78, 5) is 10.7. The molecule has 2 N–H and O–H groups in total. The van der Waals surface area contributed by atoms with Crippen LogP contribution in [-0.2, 0) is 6.42 Å². The van der Waals surface area contributed by atoms with Gasteiger partial charge < -0.3 is 10.3 Å². The predicted molar refractivity (Wildman–Crippen MR) is 108 cm³/mol. The van der Waals surface area contributed by atoms with Crippen LogP contribution in [0.1, 0.15) is 34.6 Å². The molecule has 2 aliphatic heterocycles. The topological polar surface area (TPSA) is 44.0 Å². The Kier molecular flexibility index (Phi) is 3.16. The van der Waals surface area contributed by atoms with Gasteiger partial charge in [-0.1, -0.05) is 42.5 Å². The molecule has 0 amide bonds. The summed E-state index contributed by atoms with van der Waals surface area (Å²) in [6, 6.07) is 21.8. The molecule has 0 unspecified atom stereocenters. The van der Waals surface area contributed by atoms with Crippen molar-refractivity contribution < 1.29 is 0 Å². The van der Waals surface area contributed by atoms with E-state index in [-0.39, 0.29) is 12.2 Å². The van der Waals surface area contributed by atoms with Crippen LogP contribution in [0.25, 0.3) is 10.9 Å². The van der Waals surface area contributed by atoms with Crippen molar-refractivity contribution in [3.8, 4) is 0 Å². The van der Waals surface area contributed by atoms with Crippen LogP contribution in [0.15, 0.2) is 73.1 Å². The maximum absolute atomic E-state index is 4.36. The Hall–Kier alpha value is -3.11. The second-order valence-electron chi connectivity index (χ2n) is 7.37. The van der Waals surface area contributed by atoms with Crippen molar-refractivity contribution in [1.29, 1.82) is 0 Å². The molecule has 4 aromatic rings. The van der Waals surface area contributed by atoms with Crippen molar-refractivity contribution in [3.05, 3.63) is 95.4 Å². The first kappa shape index (κ1) is 15.0. The van der Waals surface area contributed by atoms with E-state index in [9.17, 15) is 0 Å². The molecule has 4 nitrogen and oxygen atoms in total. The van der Waals surface area contributed by atoms with Crippen molar-refractivity contribution in [2.75, 3.05) is 11.9 Å². The largest absolute Gasteiger partial charge is 0.365 e. The number of nitrogens with one attached hydrogen (secondary N) is 2. The van der Waals surface area contributed by atoms with Gasteiger partial charge >= 0.3 is 0 Å². The van der Waals surface area contributed by atoms with Crippen LogP contribution < -0.4 is 5.32 Å². The van der Waals surface area contributed by atoms with E-state index in [1.807, 2.05) is 18.5 Å². The molecule has 0 bridgehead atoms. The summed E-state index contributed by atoms with van der Waals surface area (Å²) in [6.45, 7) is 1.01. The molecule has 27 heavy (non-hydrogen) atoms. The van der Waals surface area contributed by atoms with Crippen LogP contribution in [0.5, 0.6) is 0 Å². The highest BCUT2D eigenvalue weighted by atomic mass is 15.3. The van der Waals surface area contributed by atoms with E-state index in [4.69, 9.17) is 0 Å². The highest BCUT2D eigenvalue weighted by molar-refractivity contribution is 5.85. The Morgan fingerprint density at radius 2 is 1.85 bits per heavy atom. The van der Waals surface area contributed by atoms with E-state index >= 15 is 0 Å². The van der Waals surface area contributed by atoms with E-state index in [2.05, 4.69) is 74.8 Å². The van der Waals surface area contributed by atoms with Crippen LogP contribution in [0.3, 0.4) is 0 Å². The molecule has 0 radical (unpaired) electrons. The number of aromatic amines is 1. The minimum absolute atomic E-state index is 0.123. The van der Waals surface area contributed by atoms with Crippen LogP contribution in [0.2, 0.25) is 0 Å². The van der Waals surface area contributed by atoms with Gasteiger partial charge in [-0.3, -0.25) is 9.88 Å². The van der Waals surface area contributed by atoms with Crippen molar-refractivity contribution in [1.82, 2.24) is 14.9 Å². The van der Waals surface area contributed by atoms with Gasteiger partial charge in [0.15, 0.2) is 0 Å². The highest BCUT2D eigenvalue weighted by Crippen LogP contribution is 2.47. The quantitative estimate of drug-likeness (QED) is 0.525. The Bertz CT molecular complexity index is 1130. The lowest BCUT2D eigenvalue weighted by Gasteiger charge is -2.46. The van der Waals surface area contributed by atoms with Gasteiger partial charge in [-0.2, -0.15) is 0 Å². The average molecular weight is 352 g/mol. The molecule has 6 rings (SSSR count). The van der Waals surface area contributed by atoms with Crippen LogP contribution >= 0.6 is 0 Å². The third-order valence-corrected chi connectivity index (χ3v) is 5.95. The average Bonchev–Trinajstić information content (AvgIpc) is 3.12. The minimum atomic E-state index is 0.123. The molecule has 2 atom stereocenters. The van der Waals surface area contributed by atoms with Crippen LogP contribution in [0, 0.1) is 0 Å². The van der Waals surface area contributed by atoms with Gasteiger partial charge in [-0.25, -0.2) is 0 Å². The monoisotopic (exact) mass is 352 g/mol. The van der Waals surface area contributed by atoms with E-state index in [1.54, 1.807) is 0 Å². The first-order valence-electron chi connectivity index (χ1n) is 9.51. The zero-order valence-corrected chi connectivity index (χ0v) is 14.9. The number of para-hydroxylation sites is 2. The van der Waals surface area contributed by atoms with Crippen molar-refractivity contribution in [2.24, 2.45) is 0 Å². The summed E-state index contributed by atoms with van der Waals surface area (Å²) in [7, 11) is 0. The van der Waals surface area contributed by atoms with Gasteiger partial charge in [0, 0.05) is 46.8 Å². The number of hydrogen-bond acceptors (Lipinski definition) is 3. The lowest BCUT2D eigenvalue weighted by molar-refractivity contribution is 0.151. The molecular weight excluding hydrogens is 332 g/mol. The van der Waals surface area contributed by atoms with E-state index in [1.165, 1.54) is 39.0 Å². The number of fused-ring (bicyclic) bond motifs is 7. The van der Waals surface area contributed by atoms with Crippen molar-refractivity contribution in [2.45, 2.75) is 18.6 Å². The van der Waals surface area contributed by atoms with Gasteiger partial charge in [-0.15, -0.1) is 0 Å². The van der Waals surface area contributed by atoms with Crippen molar-refractivity contribution in [3.63, 3.8) is 0 Å². The lowest BCUT2D eigenvalue weighted by Crippen LogP contribution is -2.45. The normalized spacial score (nSPS) is 21.2. The second-order valence-corrected chi connectivity index (χ2v) is 7.37. The number of aromatic nitrogens is 2. The maximum Gasteiger partial charge on any atom is 0.108 e. The molecule has 132 valence electrons. The summed E-state index contributed by atoms with van der Waals surface area (Å²) in [5.41, 5.74) is 7.79. The second kappa shape index (κ2) is 5.69. The SMILES string of the molecule is c1cncc([C@H]2Nc3ccccc3[C@H]3c4[nH]c5ccccc5c4CCN32)c1. The smallest absolute Gasteiger partial charge is 0.108 e. The summed E-state index contributed by atoms with van der Waals surface area (Å²) >= 11 is 0.